The van der Waals surface area contributed by atoms with Crippen LogP contribution in [0.4, 0.5) is 5.69 Å². The predicted octanol–water partition coefficient (Wildman–Crippen LogP) is 2.73. The number of hydrogen-bond acceptors (Lipinski definition) is 5. The summed E-state index contributed by atoms with van der Waals surface area (Å²) in [5.74, 6) is 1.82. The molecular formula is C22H26N3O2S+. The number of methoxy groups -OCH3 is 2. The fraction of sp³-hybridized carbons (Fsp3) is 0.318. The normalized spacial score (nSPS) is 14.9. The summed E-state index contributed by atoms with van der Waals surface area (Å²) < 4.78 is 10.8. The lowest BCUT2D eigenvalue weighted by Gasteiger charge is -2.34. The van der Waals surface area contributed by atoms with E-state index in [0.717, 1.165) is 54.8 Å². The van der Waals surface area contributed by atoms with Crippen molar-refractivity contribution in [3.63, 3.8) is 0 Å². The molecule has 5 nitrogen and oxygen atoms in total. The third kappa shape index (κ3) is 4.13. The van der Waals surface area contributed by atoms with Crippen LogP contribution in [0.5, 0.6) is 11.5 Å². The standard InChI is InChI=1S/C22H25N3O2S/c1-26-19-7-5-6-17(14-19)22-23-18(16-28-22)15-24-10-12-25(13-11-24)20-8-3-4-9-21(20)27-2/h3-9,14,16H,10-13,15H2,1-2H3/p+1. The minimum absolute atomic E-state index is 0.868. The summed E-state index contributed by atoms with van der Waals surface area (Å²) in [6, 6.07) is 16.4. The van der Waals surface area contributed by atoms with Crippen LogP contribution in [-0.4, -0.2) is 45.4 Å². The Hall–Kier alpha value is -2.57. The van der Waals surface area contributed by atoms with Gasteiger partial charge >= 0.3 is 0 Å². The van der Waals surface area contributed by atoms with E-state index < -0.39 is 0 Å². The van der Waals surface area contributed by atoms with Crippen LogP contribution in [0.2, 0.25) is 0 Å². The molecule has 2 heterocycles. The van der Waals surface area contributed by atoms with Crippen molar-refractivity contribution >= 4 is 17.0 Å². The average Bonchev–Trinajstić information content (AvgIpc) is 3.23. The highest BCUT2D eigenvalue weighted by atomic mass is 32.1. The predicted molar refractivity (Wildman–Crippen MR) is 114 cm³/mol. The van der Waals surface area contributed by atoms with Crippen LogP contribution in [0.25, 0.3) is 10.6 Å². The molecule has 0 spiro atoms. The molecule has 0 radical (unpaired) electrons. The van der Waals surface area contributed by atoms with Crippen LogP contribution < -0.4 is 19.3 Å². The molecular weight excluding hydrogens is 370 g/mol. The monoisotopic (exact) mass is 396 g/mol. The molecule has 0 saturated carbocycles. The summed E-state index contributed by atoms with van der Waals surface area (Å²) in [4.78, 5) is 8.86. The van der Waals surface area contributed by atoms with Gasteiger partial charge in [0.05, 0.1) is 46.1 Å². The number of nitrogens with zero attached hydrogens (tertiary/aromatic N) is 2. The highest BCUT2D eigenvalue weighted by Crippen LogP contribution is 2.28. The fourth-order valence-electron chi connectivity index (χ4n) is 3.66. The first-order valence-corrected chi connectivity index (χ1v) is 10.4. The number of para-hydroxylation sites is 2. The first-order chi connectivity index (χ1) is 13.8. The van der Waals surface area contributed by atoms with Gasteiger partial charge in [-0.2, -0.15) is 0 Å². The molecule has 28 heavy (non-hydrogen) atoms. The van der Waals surface area contributed by atoms with Gasteiger partial charge in [-0.25, -0.2) is 4.98 Å². The summed E-state index contributed by atoms with van der Waals surface area (Å²) in [6.45, 7) is 5.24. The molecule has 0 unspecified atom stereocenters. The van der Waals surface area contributed by atoms with E-state index in [1.807, 2.05) is 30.3 Å². The van der Waals surface area contributed by atoms with E-state index in [0.29, 0.717) is 0 Å². The molecule has 1 aliphatic rings. The number of piperazine rings is 1. The largest absolute Gasteiger partial charge is 0.497 e. The second-order valence-corrected chi connectivity index (χ2v) is 7.82. The van der Waals surface area contributed by atoms with Gasteiger partial charge in [0, 0.05) is 10.9 Å². The van der Waals surface area contributed by atoms with Crippen LogP contribution in [0, 0.1) is 0 Å². The van der Waals surface area contributed by atoms with E-state index in [2.05, 4.69) is 28.5 Å². The number of nitrogens with one attached hydrogen (secondary N) is 1. The minimum Gasteiger partial charge on any atom is -0.497 e. The van der Waals surface area contributed by atoms with E-state index >= 15 is 0 Å². The van der Waals surface area contributed by atoms with Crippen molar-refractivity contribution in [1.82, 2.24) is 4.98 Å². The SMILES string of the molecule is COc1cccc(-c2nc(C[NH+]3CCN(c4ccccc4OC)CC3)cs2)c1. The molecule has 1 N–H and O–H groups in total. The maximum Gasteiger partial charge on any atom is 0.142 e. The van der Waals surface area contributed by atoms with Crippen molar-refractivity contribution in [1.29, 1.82) is 0 Å². The lowest BCUT2D eigenvalue weighted by atomic mass is 10.2. The summed E-state index contributed by atoms with van der Waals surface area (Å²) in [6.07, 6.45) is 0. The number of anilines is 1. The van der Waals surface area contributed by atoms with Crippen LogP contribution >= 0.6 is 11.3 Å². The molecule has 0 aliphatic carbocycles. The lowest BCUT2D eigenvalue weighted by molar-refractivity contribution is -0.914. The lowest BCUT2D eigenvalue weighted by Crippen LogP contribution is -3.13. The highest BCUT2D eigenvalue weighted by molar-refractivity contribution is 7.13. The van der Waals surface area contributed by atoms with E-state index in [1.54, 1.807) is 30.5 Å². The van der Waals surface area contributed by atoms with E-state index in [9.17, 15) is 0 Å². The second kappa shape index (κ2) is 8.63. The number of quaternary nitrogens is 1. The van der Waals surface area contributed by atoms with Crippen molar-refractivity contribution < 1.29 is 14.4 Å². The fourth-order valence-corrected chi connectivity index (χ4v) is 4.48. The van der Waals surface area contributed by atoms with Gasteiger partial charge < -0.3 is 19.3 Å². The summed E-state index contributed by atoms with van der Waals surface area (Å²) >= 11 is 1.71. The van der Waals surface area contributed by atoms with Gasteiger partial charge in [-0.3, -0.25) is 0 Å². The van der Waals surface area contributed by atoms with Gasteiger partial charge in [-0.05, 0) is 24.3 Å². The first-order valence-electron chi connectivity index (χ1n) is 9.57. The summed E-state index contributed by atoms with van der Waals surface area (Å²) in [7, 11) is 3.43. The van der Waals surface area contributed by atoms with Gasteiger partial charge in [0.25, 0.3) is 0 Å². The zero-order valence-corrected chi connectivity index (χ0v) is 17.2. The molecule has 3 aromatic rings. The molecule has 146 valence electrons. The number of aromatic nitrogens is 1. The van der Waals surface area contributed by atoms with Crippen LogP contribution in [0.1, 0.15) is 5.69 Å². The van der Waals surface area contributed by atoms with Crippen LogP contribution in [-0.2, 0) is 6.54 Å². The molecule has 1 aliphatic heterocycles. The molecule has 0 bridgehead atoms. The third-order valence-corrected chi connectivity index (χ3v) is 6.14. The highest BCUT2D eigenvalue weighted by Gasteiger charge is 2.23. The van der Waals surface area contributed by atoms with Crippen molar-refractivity contribution in [2.45, 2.75) is 6.54 Å². The van der Waals surface area contributed by atoms with Gasteiger partial charge in [0.1, 0.15) is 28.7 Å². The zero-order valence-electron chi connectivity index (χ0n) is 16.4. The number of rotatable bonds is 6. The number of benzene rings is 2. The first kappa shape index (κ1) is 18.8. The molecule has 0 atom stereocenters. The maximum atomic E-state index is 5.52. The summed E-state index contributed by atoms with van der Waals surface area (Å²) in [5.41, 5.74) is 3.48. The second-order valence-electron chi connectivity index (χ2n) is 6.96. The van der Waals surface area contributed by atoms with Gasteiger partial charge in [0.2, 0.25) is 0 Å². The minimum atomic E-state index is 0.868. The molecule has 2 aromatic carbocycles. The number of hydrogen-bond donors (Lipinski definition) is 1. The van der Waals surface area contributed by atoms with E-state index in [4.69, 9.17) is 14.5 Å². The van der Waals surface area contributed by atoms with Crippen molar-refractivity contribution in [2.24, 2.45) is 0 Å². The Bertz CT molecular complexity index is 919. The Kier molecular flexibility index (Phi) is 5.78. The van der Waals surface area contributed by atoms with Crippen molar-refractivity contribution in [3.05, 3.63) is 59.6 Å². The Morgan fingerprint density at radius 2 is 1.86 bits per heavy atom. The molecule has 1 fully saturated rings. The number of ether oxygens (including phenoxy) is 2. The molecule has 6 heteroatoms. The van der Waals surface area contributed by atoms with Gasteiger partial charge in [-0.15, -0.1) is 11.3 Å². The van der Waals surface area contributed by atoms with Gasteiger partial charge in [0.15, 0.2) is 0 Å². The van der Waals surface area contributed by atoms with Crippen LogP contribution in [0.15, 0.2) is 53.9 Å². The molecule has 0 amide bonds. The smallest absolute Gasteiger partial charge is 0.142 e. The van der Waals surface area contributed by atoms with Gasteiger partial charge in [-0.1, -0.05) is 24.3 Å². The van der Waals surface area contributed by atoms with E-state index in [1.165, 1.54) is 11.4 Å². The third-order valence-electron chi connectivity index (χ3n) is 5.20. The van der Waals surface area contributed by atoms with E-state index in [-0.39, 0.29) is 0 Å². The summed E-state index contributed by atoms with van der Waals surface area (Å²) in [5, 5.41) is 3.25. The Morgan fingerprint density at radius 1 is 1.04 bits per heavy atom. The Balaban J connectivity index is 1.37. The van der Waals surface area contributed by atoms with Crippen molar-refractivity contribution in [2.75, 3.05) is 45.3 Å². The Morgan fingerprint density at radius 3 is 2.64 bits per heavy atom. The quantitative estimate of drug-likeness (QED) is 0.695. The Labute approximate surface area is 170 Å². The molecule has 1 saturated heterocycles. The zero-order chi connectivity index (χ0) is 19.3. The average molecular weight is 397 g/mol. The number of thiazole rings is 1. The van der Waals surface area contributed by atoms with Crippen LogP contribution in [0.3, 0.4) is 0 Å². The molecule has 1 aromatic heterocycles. The topological polar surface area (TPSA) is 39.0 Å². The van der Waals surface area contributed by atoms with Crippen molar-refractivity contribution in [3.8, 4) is 22.1 Å². The maximum absolute atomic E-state index is 5.52. The molecule has 4 rings (SSSR count).